The van der Waals surface area contributed by atoms with E-state index in [2.05, 4.69) is 36.4 Å². The first-order valence-corrected chi connectivity index (χ1v) is 7.18. The Morgan fingerprint density at radius 3 is 2.65 bits per heavy atom. The first kappa shape index (κ1) is 12.9. The maximum absolute atomic E-state index is 4.80. The van der Waals surface area contributed by atoms with Crippen LogP contribution < -0.4 is 5.32 Å². The van der Waals surface area contributed by atoms with Gasteiger partial charge in [-0.2, -0.15) is 5.10 Å². The van der Waals surface area contributed by atoms with Crippen LogP contribution in [0.2, 0.25) is 0 Å². The molecule has 0 saturated heterocycles. The Hall–Kier alpha value is -2.10. The van der Waals surface area contributed by atoms with Crippen LogP contribution in [-0.4, -0.2) is 21.7 Å². The van der Waals surface area contributed by atoms with Crippen LogP contribution in [0, 0.1) is 0 Å². The van der Waals surface area contributed by atoms with E-state index in [0.29, 0.717) is 12.1 Å². The quantitative estimate of drug-likeness (QED) is 0.681. The van der Waals surface area contributed by atoms with E-state index in [4.69, 9.17) is 4.99 Å². The van der Waals surface area contributed by atoms with Crippen LogP contribution in [0.3, 0.4) is 0 Å². The Kier molecular flexibility index (Phi) is 3.54. The van der Waals surface area contributed by atoms with Gasteiger partial charge in [-0.15, -0.1) is 0 Å². The van der Waals surface area contributed by atoms with Crippen LogP contribution in [0.15, 0.2) is 47.6 Å². The molecule has 1 aliphatic rings. The highest BCUT2D eigenvalue weighted by atomic mass is 15.3. The summed E-state index contributed by atoms with van der Waals surface area (Å²) in [6, 6.07) is 13.1. The molecule has 0 spiro atoms. The van der Waals surface area contributed by atoms with Gasteiger partial charge >= 0.3 is 0 Å². The van der Waals surface area contributed by atoms with Gasteiger partial charge in [0.25, 0.3) is 0 Å². The lowest BCUT2D eigenvalue weighted by Gasteiger charge is -2.14. The minimum Gasteiger partial charge on any atom is -0.325 e. The number of aliphatic imine (C=N–C) groups is 1. The third-order valence-corrected chi connectivity index (χ3v) is 3.31. The monoisotopic (exact) mass is 268 g/mol. The fourth-order valence-corrected chi connectivity index (χ4v) is 2.11. The van der Waals surface area contributed by atoms with E-state index in [0.717, 1.165) is 17.2 Å². The maximum Gasteiger partial charge on any atom is 0.134 e. The molecule has 0 aliphatic heterocycles. The summed E-state index contributed by atoms with van der Waals surface area (Å²) in [5, 5.41) is 7.80. The van der Waals surface area contributed by atoms with Gasteiger partial charge in [0.15, 0.2) is 0 Å². The summed E-state index contributed by atoms with van der Waals surface area (Å²) >= 11 is 0. The zero-order valence-corrected chi connectivity index (χ0v) is 12.0. The van der Waals surface area contributed by atoms with E-state index in [1.165, 1.54) is 12.8 Å². The largest absolute Gasteiger partial charge is 0.325 e. The van der Waals surface area contributed by atoms with E-state index in [1.807, 2.05) is 35.1 Å². The molecule has 1 fully saturated rings. The Balaban J connectivity index is 1.89. The minimum absolute atomic E-state index is 0.324. The highest BCUT2D eigenvalue weighted by Gasteiger charge is 2.22. The summed E-state index contributed by atoms with van der Waals surface area (Å²) in [5.41, 5.74) is 1.12. The second-order valence-corrected chi connectivity index (χ2v) is 5.45. The van der Waals surface area contributed by atoms with Crippen molar-refractivity contribution < 1.29 is 0 Å². The smallest absolute Gasteiger partial charge is 0.134 e. The fraction of sp³-hybridized carbons (Fsp3) is 0.375. The number of aromatic nitrogens is 2. The molecule has 1 N–H and O–H groups in total. The summed E-state index contributed by atoms with van der Waals surface area (Å²) in [7, 11) is 0. The third kappa shape index (κ3) is 2.90. The molecule has 0 amide bonds. The van der Waals surface area contributed by atoms with Crippen molar-refractivity contribution in [3.05, 3.63) is 48.2 Å². The Morgan fingerprint density at radius 2 is 2.00 bits per heavy atom. The topological polar surface area (TPSA) is 42.2 Å². The molecule has 4 nitrogen and oxygen atoms in total. The predicted octanol–water partition coefficient (Wildman–Crippen LogP) is 3.49. The van der Waals surface area contributed by atoms with Crippen molar-refractivity contribution in [3.8, 4) is 0 Å². The summed E-state index contributed by atoms with van der Waals surface area (Å²) in [5.74, 6) is 1.93. The zero-order chi connectivity index (χ0) is 13.9. The van der Waals surface area contributed by atoms with E-state index >= 15 is 0 Å². The molecule has 0 unspecified atom stereocenters. The molecule has 1 aliphatic carbocycles. The average molecular weight is 268 g/mol. The number of nitrogens with zero attached hydrogens (tertiary/aromatic N) is 3. The number of anilines is 1. The van der Waals surface area contributed by atoms with E-state index in [-0.39, 0.29) is 0 Å². The van der Waals surface area contributed by atoms with Crippen LogP contribution in [0.4, 0.5) is 5.82 Å². The van der Waals surface area contributed by atoms with Crippen molar-refractivity contribution in [1.29, 1.82) is 0 Å². The lowest BCUT2D eigenvalue weighted by molar-refractivity contribution is 0.540. The molecule has 0 radical (unpaired) electrons. The van der Waals surface area contributed by atoms with Gasteiger partial charge < -0.3 is 5.32 Å². The molecular formula is C16H20N4. The van der Waals surface area contributed by atoms with Crippen molar-refractivity contribution in [2.75, 3.05) is 5.32 Å². The van der Waals surface area contributed by atoms with Crippen molar-refractivity contribution >= 4 is 11.7 Å². The second kappa shape index (κ2) is 5.49. The van der Waals surface area contributed by atoms with E-state index in [1.54, 1.807) is 0 Å². The Labute approximate surface area is 119 Å². The normalized spacial score (nSPS) is 15.7. The maximum atomic E-state index is 4.80. The molecule has 1 aromatic heterocycles. The molecule has 104 valence electrons. The Morgan fingerprint density at radius 1 is 1.25 bits per heavy atom. The zero-order valence-electron chi connectivity index (χ0n) is 12.0. The molecule has 0 atom stereocenters. The van der Waals surface area contributed by atoms with Crippen molar-refractivity contribution in [3.63, 3.8) is 0 Å². The highest BCUT2D eigenvalue weighted by Crippen LogP contribution is 2.25. The number of hydrogen-bond donors (Lipinski definition) is 1. The second-order valence-electron chi connectivity index (χ2n) is 5.45. The number of amidine groups is 1. The summed E-state index contributed by atoms with van der Waals surface area (Å²) in [4.78, 5) is 4.80. The van der Waals surface area contributed by atoms with Crippen LogP contribution in [0.25, 0.3) is 0 Å². The Bertz CT molecular complexity index is 594. The van der Waals surface area contributed by atoms with Gasteiger partial charge in [-0.25, -0.2) is 4.68 Å². The van der Waals surface area contributed by atoms with Crippen LogP contribution >= 0.6 is 0 Å². The standard InChI is InChI=1S/C16H20N4/c1-12(2)20-15(10-11-17-20)19-16(18-14-8-9-14)13-6-4-3-5-7-13/h3-7,10-12,14H,8-9H2,1-2H3,(H,18,19). The van der Waals surface area contributed by atoms with Gasteiger partial charge in [0.05, 0.1) is 12.2 Å². The van der Waals surface area contributed by atoms with Crippen LogP contribution in [-0.2, 0) is 0 Å². The van der Waals surface area contributed by atoms with Gasteiger partial charge in [0, 0.05) is 17.7 Å². The molecule has 1 saturated carbocycles. The van der Waals surface area contributed by atoms with Gasteiger partial charge in [-0.3, -0.25) is 4.99 Å². The van der Waals surface area contributed by atoms with Crippen LogP contribution in [0.1, 0.15) is 38.3 Å². The van der Waals surface area contributed by atoms with Crippen molar-refractivity contribution in [1.82, 2.24) is 9.78 Å². The number of nitrogens with one attached hydrogen (secondary N) is 1. The van der Waals surface area contributed by atoms with Gasteiger partial charge in [-0.1, -0.05) is 30.3 Å². The SMILES string of the molecule is CC(C)n1nccc1NC(=NC1CC1)c1ccccc1. The summed E-state index contributed by atoms with van der Waals surface area (Å²) in [6.45, 7) is 4.25. The molecule has 4 heteroatoms. The summed E-state index contributed by atoms with van der Waals surface area (Å²) in [6.07, 6.45) is 4.21. The first-order chi connectivity index (χ1) is 9.74. The van der Waals surface area contributed by atoms with Gasteiger partial charge in [-0.05, 0) is 26.7 Å². The lowest BCUT2D eigenvalue weighted by Crippen LogP contribution is -2.18. The third-order valence-electron chi connectivity index (χ3n) is 3.31. The van der Waals surface area contributed by atoms with Crippen LogP contribution in [0.5, 0.6) is 0 Å². The molecule has 3 rings (SSSR count). The first-order valence-electron chi connectivity index (χ1n) is 7.18. The van der Waals surface area contributed by atoms with E-state index in [9.17, 15) is 0 Å². The molecule has 0 bridgehead atoms. The molecule has 2 aromatic rings. The lowest BCUT2D eigenvalue weighted by atomic mass is 10.2. The number of hydrogen-bond acceptors (Lipinski definition) is 2. The molecule has 1 heterocycles. The number of benzene rings is 1. The van der Waals surface area contributed by atoms with Gasteiger partial charge in [0.2, 0.25) is 0 Å². The van der Waals surface area contributed by atoms with Crippen molar-refractivity contribution in [2.45, 2.75) is 38.8 Å². The van der Waals surface area contributed by atoms with E-state index < -0.39 is 0 Å². The summed E-state index contributed by atoms with van der Waals surface area (Å²) < 4.78 is 1.98. The predicted molar refractivity (Wildman–Crippen MR) is 82.2 cm³/mol. The molecular weight excluding hydrogens is 248 g/mol. The molecule has 20 heavy (non-hydrogen) atoms. The highest BCUT2D eigenvalue weighted by molar-refractivity contribution is 6.08. The van der Waals surface area contributed by atoms with Gasteiger partial charge in [0.1, 0.15) is 11.7 Å². The van der Waals surface area contributed by atoms with Crippen molar-refractivity contribution in [2.24, 2.45) is 4.99 Å². The average Bonchev–Trinajstić information content (AvgIpc) is 3.14. The fourth-order valence-electron chi connectivity index (χ4n) is 2.11. The molecule has 1 aromatic carbocycles. The minimum atomic E-state index is 0.324. The number of rotatable bonds is 4.